The van der Waals surface area contributed by atoms with Crippen LogP contribution in [0.5, 0.6) is 0 Å². The number of halogens is 2. The fraction of sp³-hybridized carbons (Fsp3) is 0.300. The van der Waals surface area contributed by atoms with Gasteiger partial charge >= 0.3 is 5.97 Å². The summed E-state index contributed by atoms with van der Waals surface area (Å²) < 4.78 is 18.3. The number of aryl methyl sites for hydroxylation is 1. The van der Waals surface area contributed by atoms with E-state index in [9.17, 15) is 14.0 Å². The average Bonchev–Trinajstić information content (AvgIpc) is 2.61. The third kappa shape index (κ3) is 4.05. The van der Waals surface area contributed by atoms with Gasteiger partial charge in [0, 0.05) is 0 Å². The molecular formula is C20H19ClFNO3. The van der Waals surface area contributed by atoms with Crippen LogP contribution < -0.4 is 5.32 Å². The van der Waals surface area contributed by atoms with Crippen molar-refractivity contribution < 1.29 is 18.7 Å². The molecule has 0 aliphatic heterocycles. The number of rotatable bonds is 4. The van der Waals surface area contributed by atoms with E-state index in [2.05, 4.69) is 11.4 Å². The van der Waals surface area contributed by atoms with E-state index in [1.54, 1.807) is 0 Å². The van der Waals surface area contributed by atoms with Gasteiger partial charge < -0.3 is 10.1 Å². The van der Waals surface area contributed by atoms with E-state index in [0.717, 1.165) is 37.0 Å². The first-order chi connectivity index (χ1) is 12.5. The van der Waals surface area contributed by atoms with Gasteiger partial charge in [0.2, 0.25) is 0 Å². The topological polar surface area (TPSA) is 55.4 Å². The van der Waals surface area contributed by atoms with E-state index in [-0.39, 0.29) is 22.5 Å². The van der Waals surface area contributed by atoms with Crippen LogP contribution in [0.1, 0.15) is 47.3 Å². The normalized spacial score (nSPS) is 17.1. The highest BCUT2D eigenvalue weighted by atomic mass is 35.5. The van der Waals surface area contributed by atoms with Gasteiger partial charge in [-0.05, 0) is 55.5 Å². The number of hydrogen-bond donors (Lipinski definition) is 1. The molecule has 0 spiro atoms. The quantitative estimate of drug-likeness (QED) is 0.814. The molecular weight excluding hydrogens is 357 g/mol. The second-order valence-corrected chi connectivity index (χ2v) is 6.73. The van der Waals surface area contributed by atoms with Gasteiger partial charge in [-0.1, -0.05) is 35.9 Å². The number of benzene rings is 2. The molecule has 2 atom stereocenters. The Morgan fingerprint density at radius 2 is 2.04 bits per heavy atom. The lowest BCUT2D eigenvalue weighted by Gasteiger charge is -2.27. The smallest absolute Gasteiger partial charge is 0.340 e. The van der Waals surface area contributed by atoms with Crippen molar-refractivity contribution in [1.29, 1.82) is 0 Å². The predicted molar refractivity (Wildman–Crippen MR) is 96.6 cm³/mol. The summed E-state index contributed by atoms with van der Waals surface area (Å²) in [7, 11) is 0. The van der Waals surface area contributed by atoms with Gasteiger partial charge in [0.25, 0.3) is 5.91 Å². The molecule has 0 bridgehead atoms. The molecule has 0 heterocycles. The van der Waals surface area contributed by atoms with Crippen LogP contribution in [0.15, 0.2) is 42.5 Å². The van der Waals surface area contributed by atoms with Gasteiger partial charge in [-0.3, -0.25) is 4.79 Å². The number of amides is 1. The lowest BCUT2D eigenvalue weighted by molar-refractivity contribution is -0.130. The number of fused-ring (bicyclic) bond motifs is 1. The summed E-state index contributed by atoms with van der Waals surface area (Å²) in [5, 5.41) is 2.89. The Kier molecular flexibility index (Phi) is 5.57. The Morgan fingerprint density at radius 3 is 2.81 bits per heavy atom. The van der Waals surface area contributed by atoms with Crippen molar-refractivity contribution in [2.45, 2.75) is 38.3 Å². The predicted octanol–water partition coefficient (Wildman–Crippen LogP) is 4.22. The summed E-state index contributed by atoms with van der Waals surface area (Å²) >= 11 is 5.86. The first-order valence-corrected chi connectivity index (χ1v) is 8.87. The number of ether oxygens (including phenoxy) is 1. The Bertz CT molecular complexity index is 840. The summed E-state index contributed by atoms with van der Waals surface area (Å²) in [5.74, 6) is -1.69. The molecule has 1 aliphatic rings. The number of carbonyl (C=O) groups is 2. The summed E-state index contributed by atoms with van der Waals surface area (Å²) in [6, 6.07) is 11.3. The van der Waals surface area contributed by atoms with Crippen molar-refractivity contribution in [2.24, 2.45) is 0 Å². The van der Waals surface area contributed by atoms with Crippen molar-refractivity contribution in [1.82, 2.24) is 5.32 Å². The zero-order valence-corrected chi connectivity index (χ0v) is 15.1. The molecule has 6 heteroatoms. The summed E-state index contributed by atoms with van der Waals surface area (Å²) in [6.45, 7) is 1.50. The summed E-state index contributed by atoms with van der Waals surface area (Å²) in [5.41, 5.74) is 2.36. The van der Waals surface area contributed by atoms with E-state index in [1.807, 2.05) is 18.2 Å². The Morgan fingerprint density at radius 1 is 1.27 bits per heavy atom. The van der Waals surface area contributed by atoms with Crippen molar-refractivity contribution in [3.8, 4) is 0 Å². The zero-order valence-electron chi connectivity index (χ0n) is 14.3. The minimum absolute atomic E-state index is 0.0238. The number of esters is 1. The standard InChI is InChI=1S/C20H19ClFNO3/c1-12(26-20(25)16-10-9-14(22)11-17(16)21)19(24)23-18-8-4-6-13-5-2-3-7-15(13)18/h2-3,5,7,9-12,18H,4,6,8H2,1H3,(H,23,24)/t12-,18+/m1/s1. The van der Waals surface area contributed by atoms with Crippen LogP contribution in [-0.2, 0) is 16.0 Å². The summed E-state index contributed by atoms with van der Waals surface area (Å²) in [6.07, 6.45) is 1.84. The molecule has 136 valence electrons. The lowest BCUT2D eigenvalue weighted by atomic mass is 9.87. The Balaban J connectivity index is 1.64. The third-order valence-corrected chi connectivity index (χ3v) is 4.80. The van der Waals surface area contributed by atoms with Gasteiger partial charge in [0.1, 0.15) is 5.82 Å². The van der Waals surface area contributed by atoms with E-state index < -0.39 is 17.9 Å². The van der Waals surface area contributed by atoms with Crippen molar-refractivity contribution in [3.63, 3.8) is 0 Å². The van der Waals surface area contributed by atoms with Crippen LogP contribution in [0, 0.1) is 5.82 Å². The monoisotopic (exact) mass is 375 g/mol. The third-order valence-electron chi connectivity index (χ3n) is 4.49. The molecule has 0 saturated heterocycles. The van der Waals surface area contributed by atoms with Gasteiger partial charge in [-0.25, -0.2) is 9.18 Å². The Labute approximate surface area is 156 Å². The van der Waals surface area contributed by atoms with Gasteiger partial charge in [-0.15, -0.1) is 0 Å². The molecule has 2 aromatic rings. The maximum absolute atomic E-state index is 13.1. The minimum Gasteiger partial charge on any atom is -0.449 e. The molecule has 4 nitrogen and oxygen atoms in total. The first kappa shape index (κ1) is 18.4. The molecule has 1 aliphatic carbocycles. The average molecular weight is 376 g/mol. The van der Waals surface area contributed by atoms with Crippen LogP contribution in [0.2, 0.25) is 5.02 Å². The second kappa shape index (κ2) is 7.87. The highest BCUT2D eigenvalue weighted by Crippen LogP contribution is 2.29. The SMILES string of the molecule is C[C@@H](OC(=O)c1ccc(F)cc1Cl)C(=O)N[C@H]1CCCc2ccccc21. The Hall–Kier alpha value is -2.40. The van der Waals surface area contributed by atoms with Crippen molar-refractivity contribution >= 4 is 23.5 Å². The maximum atomic E-state index is 13.1. The van der Waals surface area contributed by atoms with E-state index in [1.165, 1.54) is 18.6 Å². The molecule has 26 heavy (non-hydrogen) atoms. The molecule has 0 unspecified atom stereocenters. The van der Waals surface area contributed by atoms with Crippen molar-refractivity contribution in [2.75, 3.05) is 0 Å². The van der Waals surface area contributed by atoms with Crippen molar-refractivity contribution in [3.05, 3.63) is 70.0 Å². The molecule has 3 rings (SSSR count). The van der Waals surface area contributed by atoms with Gasteiger partial charge in [-0.2, -0.15) is 0 Å². The number of hydrogen-bond acceptors (Lipinski definition) is 3. The largest absolute Gasteiger partial charge is 0.449 e. The second-order valence-electron chi connectivity index (χ2n) is 6.32. The molecule has 2 aromatic carbocycles. The van der Waals surface area contributed by atoms with Crippen LogP contribution in [-0.4, -0.2) is 18.0 Å². The molecule has 0 saturated carbocycles. The summed E-state index contributed by atoms with van der Waals surface area (Å²) in [4.78, 5) is 24.6. The molecule has 0 radical (unpaired) electrons. The first-order valence-electron chi connectivity index (χ1n) is 8.50. The zero-order chi connectivity index (χ0) is 18.7. The fourth-order valence-electron chi connectivity index (χ4n) is 3.13. The van der Waals surface area contributed by atoms with Crippen LogP contribution in [0.3, 0.4) is 0 Å². The van der Waals surface area contributed by atoms with E-state index in [0.29, 0.717) is 0 Å². The number of carbonyl (C=O) groups excluding carboxylic acids is 2. The molecule has 0 fully saturated rings. The highest BCUT2D eigenvalue weighted by Gasteiger charge is 2.26. The lowest BCUT2D eigenvalue weighted by Crippen LogP contribution is -2.39. The van der Waals surface area contributed by atoms with Crippen LogP contribution in [0.4, 0.5) is 4.39 Å². The van der Waals surface area contributed by atoms with Gasteiger partial charge in [0.05, 0.1) is 16.6 Å². The van der Waals surface area contributed by atoms with Gasteiger partial charge in [0.15, 0.2) is 6.10 Å². The van der Waals surface area contributed by atoms with Crippen LogP contribution in [0.25, 0.3) is 0 Å². The molecule has 1 N–H and O–H groups in total. The molecule has 0 aromatic heterocycles. The minimum atomic E-state index is -0.988. The van der Waals surface area contributed by atoms with E-state index in [4.69, 9.17) is 16.3 Å². The fourth-order valence-corrected chi connectivity index (χ4v) is 3.37. The van der Waals surface area contributed by atoms with Crippen LogP contribution >= 0.6 is 11.6 Å². The van der Waals surface area contributed by atoms with E-state index >= 15 is 0 Å². The highest BCUT2D eigenvalue weighted by molar-refractivity contribution is 6.33. The molecule has 1 amide bonds. The maximum Gasteiger partial charge on any atom is 0.340 e. The number of nitrogens with one attached hydrogen (secondary N) is 1.